The summed E-state index contributed by atoms with van der Waals surface area (Å²) >= 11 is 0. The van der Waals surface area contributed by atoms with Crippen molar-refractivity contribution in [3.8, 4) is 5.69 Å². The van der Waals surface area contributed by atoms with Gasteiger partial charge in [0.1, 0.15) is 6.54 Å². The minimum Gasteiger partial charge on any atom is -0.340 e. The van der Waals surface area contributed by atoms with Gasteiger partial charge in [-0.3, -0.25) is 18.7 Å². The van der Waals surface area contributed by atoms with E-state index in [2.05, 4.69) is 10.1 Å². The number of hydrogen-bond acceptors (Lipinski definition) is 5. The SMILES string of the molecule is Cc1nn(-c2ccccc2)c(C)c1CN(C)C(=O)Cn1cnc2c1c(=O)n(C)c(=O)n2C. The Hall–Kier alpha value is -3.95. The van der Waals surface area contributed by atoms with Crippen molar-refractivity contribution in [3.05, 3.63) is 74.4 Å². The highest BCUT2D eigenvalue weighted by atomic mass is 16.2. The Kier molecular flexibility index (Phi) is 5.29. The number of rotatable bonds is 5. The summed E-state index contributed by atoms with van der Waals surface area (Å²) in [4.78, 5) is 43.5. The summed E-state index contributed by atoms with van der Waals surface area (Å²) < 4.78 is 5.67. The van der Waals surface area contributed by atoms with Crippen LogP contribution in [0.3, 0.4) is 0 Å². The average molecular weight is 435 g/mol. The molecule has 3 heterocycles. The molecule has 4 aromatic rings. The predicted octanol–water partition coefficient (Wildman–Crippen LogP) is 0.895. The third-order valence-corrected chi connectivity index (χ3v) is 5.79. The average Bonchev–Trinajstić information content (AvgIpc) is 3.33. The zero-order valence-electron chi connectivity index (χ0n) is 18.7. The van der Waals surface area contributed by atoms with Crippen molar-refractivity contribution < 1.29 is 4.79 Å². The molecule has 0 aliphatic rings. The lowest BCUT2D eigenvalue weighted by Gasteiger charge is -2.18. The van der Waals surface area contributed by atoms with Crippen LogP contribution in [-0.4, -0.2) is 46.3 Å². The smallest absolute Gasteiger partial charge is 0.332 e. The van der Waals surface area contributed by atoms with Gasteiger partial charge in [0.05, 0.1) is 17.7 Å². The Labute approximate surface area is 183 Å². The Morgan fingerprint density at radius 2 is 1.75 bits per heavy atom. The molecule has 32 heavy (non-hydrogen) atoms. The first-order valence-corrected chi connectivity index (χ1v) is 10.2. The molecule has 1 aromatic carbocycles. The van der Waals surface area contributed by atoms with E-state index in [1.807, 2.05) is 48.9 Å². The van der Waals surface area contributed by atoms with Gasteiger partial charge in [0.2, 0.25) is 5.91 Å². The quantitative estimate of drug-likeness (QED) is 0.464. The summed E-state index contributed by atoms with van der Waals surface area (Å²) in [6.45, 7) is 4.22. The lowest BCUT2D eigenvalue weighted by molar-refractivity contribution is -0.131. The Bertz CT molecular complexity index is 1440. The second-order valence-corrected chi connectivity index (χ2v) is 7.90. The van der Waals surface area contributed by atoms with Gasteiger partial charge in [-0.15, -0.1) is 0 Å². The summed E-state index contributed by atoms with van der Waals surface area (Å²) in [6, 6.07) is 9.83. The van der Waals surface area contributed by atoms with Crippen molar-refractivity contribution in [3.63, 3.8) is 0 Å². The van der Waals surface area contributed by atoms with Crippen LogP contribution in [0.4, 0.5) is 0 Å². The third kappa shape index (κ3) is 3.43. The highest BCUT2D eigenvalue weighted by Crippen LogP contribution is 2.19. The Morgan fingerprint density at radius 3 is 2.44 bits per heavy atom. The maximum absolute atomic E-state index is 13.0. The van der Waals surface area contributed by atoms with Crippen LogP contribution in [0.15, 0.2) is 46.2 Å². The lowest BCUT2D eigenvalue weighted by atomic mass is 10.2. The highest BCUT2D eigenvalue weighted by molar-refractivity contribution is 5.78. The molecule has 3 aromatic heterocycles. The molecular weight excluding hydrogens is 410 g/mol. The summed E-state index contributed by atoms with van der Waals surface area (Å²) in [5, 5.41) is 4.64. The van der Waals surface area contributed by atoms with Gasteiger partial charge >= 0.3 is 5.69 Å². The molecule has 0 bridgehead atoms. The van der Waals surface area contributed by atoms with Crippen LogP contribution < -0.4 is 11.2 Å². The molecule has 0 unspecified atom stereocenters. The van der Waals surface area contributed by atoms with Gasteiger partial charge in [-0.25, -0.2) is 14.5 Å². The second-order valence-electron chi connectivity index (χ2n) is 7.90. The van der Waals surface area contributed by atoms with E-state index in [-0.39, 0.29) is 23.6 Å². The van der Waals surface area contributed by atoms with Gasteiger partial charge in [-0.05, 0) is 26.0 Å². The number of nitrogens with zero attached hydrogens (tertiary/aromatic N) is 7. The normalized spacial score (nSPS) is 11.3. The van der Waals surface area contributed by atoms with Crippen molar-refractivity contribution in [1.82, 2.24) is 33.4 Å². The van der Waals surface area contributed by atoms with Gasteiger partial charge in [0.25, 0.3) is 5.56 Å². The van der Waals surface area contributed by atoms with Crippen LogP contribution in [0.25, 0.3) is 16.9 Å². The molecule has 0 spiro atoms. The van der Waals surface area contributed by atoms with Crippen molar-refractivity contribution in [2.24, 2.45) is 14.1 Å². The fraction of sp³-hybridized carbons (Fsp3) is 0.318. The molecule has 0 saturated carbocycles. The van der Waals surface area contributed by atoms with E-state index in [4.69, 9.17) is 0 Å². The van der Waals surface area contributed by atoms with Crippen LogP contribution in [0, 0.1) is 13.8 Å². The molecule has 1 amide bonds. The van der Waals surface area contributed by atoms with Crippen molar-refractivity contribution in [1.29, 1.82) is 0 Å². The number of carbonyl (C=O) groups excluding carboxylic acids is 1. The van der Waals surface area contributed by atoms with Crippen LogP contribution in [0.1, 0.15) is 17.0 Å². The zero-order valence-corrected chi connectivity index (χ0v) is 18.7. The van der Waals surface area contributed by atoms with E-state index in [0.29, 0.717) is 6.54 Å². The summed E-state index contributed by atoms with van der Waals surface area (Å²) in [7, 11) is 4.67. The van der Waals surface area contributed by atoms with Gasteiger partial charge in [0.15, 0.2) is 11.2 Å². The van der Waals surface area contributed by atoms with E-state index in [1.165, 1.54) is 22.5 Å². The maximum atomic E-state index is 13.0. The van der Waals surface area contributed by atoms with E-state index in [1.54, 1.807) is 19.0 Å². The molecule has 0 radical (unpaired) electrons. The number of carbonyl (C=O) groups is 1. The number of fused-ring (bicyclic) bond motifs is 1. The number of hydrogen-bond donors (Lipinski definition) is 0. The molecule has 0 aliphatic heterocycles. The molecule has 0 aliphatic carbocycles. The minimum atomic E-state index is -0.480. The molecule has 0 atom stereocenters. The zero-order chi connectivity index (χ0) is 23.2. The Balaban J connectivity index is 1.60. The number of para-hydroxylation sites is 1. The Morgan fingerprint density at radius 1 is 1.06 bits per heavy atom. The molecule has 0 N–H and O–H groups in total. The van der Waals surface area contributed by atoms with E-state index >= 15 is 0 Å². The summed E-state index contributed by atoms with van der Waals surface area (Å²) in [5.74, 6) is -0.188. The summed E-state index contributed by atoms with van der Waals surface area (Å²) in [5.41, 5.74) is 3.28. The first-order valence-electron chi connectivity index (χ1n) is 10.2. The third-order valence-electron chi connectivity index (χ3n) is 5.79. The van der Waals surface area contributed by atoms with E-state index < -0.39 is 11.2 Å². The molecule has 166 valence electrons. The van der Waals surface area contributed by atoms with Crippen LogP contribution in [0.5, 0.6) is 0 Å². The molecule has 0 saturated heterocycles. The summed E-state index contributed by atoms with van der Waals surface area (Å²) in [6.07, 6.45) is 1.42. The second kappa shape index (κ2) is 7.95. The van der Waals surface area contributed by atoms with Crippen molar-refractivity contribution >= 4 is 17.1 Å². The van der Waals surface area contributed by atoms with E-state index in [0.717, 1.165) is 27.2 Å². The largest absolute Gasteiger partial charge is 0.340 e. The van der Waals surface area contributed by atoms with Crippen molar-refractivity contribution in [2.75, 3.05) is 7.05 Å². The molecule has 10 heteroatoms. The number of aromatic nitrogens is 6. The first-order chi connectivity index (χ1) is 15.2. The van der Waals surface area contributed by atoms with Gasteiger partial charge < -0.3 is 9.47 Å². The van der Waals surface area contributed by atoms with Gasteiger partial charge in [-0.2, -0.15) is 5.10 Å². The van der Waals surface area contributed by atoms with Crippen LogP contribution >= 0.6 is 0 Å². The maximum Gasteiger partial charge on any atom is 0.332 e. The van der Waals surface area contributed by atoms with E-state index in [9.17, 15) is 14.4 Å². The minimum absolute atomic E-state index is 0.0641. The van der Waals surface area contributed by atoms with Crippen LogP contribution in [0.2, 0.25) is 0 Å². The fourth-order valence-electron chi connectivity index (χ4n) is 3.83. The van der Waals surface area contributed by atoms with Gasteiger partial charge in [0, 0.05) is 38.9 Å². The standard InChI is InChI=1S/C22H25N7O3/c1-14-17(15(2)29(24-14)16-9-7-6-8-10-16)11-25(3)18(30)12-28-13-23-20-19(28)21(31)27(5)22(32)26(20)4/h6-10,13H,11-12H2,1-5H3. The number of likely N-dealkylation sites (N-methyl/N-ethyl adjacent to an activating group) is 1. The number of imidazole rings is 1. The number of amides is 1. The fourth-order valence-corrected chi connectivity index (χ4v) is 3.83. The van der Waals surface area contributed by atoms with Crippen LogP contribution in [-0.2, 0) is 32.0 Å². The van der Waals surface area contributed by atoms with Crippen molar-refractivity contribution in [2.45, 2.75) is 26.9 Å². The van der Waals surface area contributed by atoms with Gasteiger partial charge in [-0.1, -0.05) is 18.2 Å². The monoisotopic (exact) mass is 435 g/mol. The predicted molar refractivity (Wildman–Crippen MR) is 120 cm³/mol. The lowest BCUT2D eigenvalue weighted by Crippen LogP contribution is -2.38. The highest BCUT2D eigenvalue weighted by Gasteiger charge is 2.20. The topological polar surface area (TPSA) is 100.0 Å². The number of aryl methyl sites for hydroxylation is 2. The number of benzene rings is 1. The molecular formula is C22H25N7O3. The molecule has 0 fully saturated rings. The molecule has 4 rings (SSSR count). The first kappa shape index (κ1) is 21.3. The molecule has 10 nitrogen and oxygen atoms in total.